The van der Waals surface area contributed by atoms with Crippen molar-refractivity contribution in [1.29, 1.82) is 0 Å². The number of carbonyl (C=O) groups is 1. The van der Waals surface area contributed by atoms with Gasteiger partial charge in [0.25, 0.3) is 0 Å². The first-order valence-corrected chi connectivity index (χ1v) is 7.27. The van der Waals surface area contributed by atoms with Crippen molar-refractivity contribution in [3.05, 3.63) is 28.8 Å². The summed E-state index contributed by atoms with van der Waals surface area (Å²) >= 11 is 0. The van der Waals surface area contributed by atoms with Crippen LogP contribution in [0.1, 0.15) is 37.5 Å². The molecule has 118 valence electrons. The Balaban J connectivity index is 2.97. The molecule has 0 aliphatic rings. The van der Waals surface area contributed by atoms with Crippen LogP contribution in [0.25, 0.3) is 0 Å². The average molecular weight is 293 g/mol. The van der Waals surface area contributed by atoms with E-state index in [0.717, 1.165) is 16.9 Å². The number of benzene rings is 1. The largest absolute Gasteiger partial charge is 0.490 e. The molecule has 1 atom stereocenters. The summed E-state index contributed by atoms with van der Waals surface area (Å²) in [4.78, 5) is 12.1. The monoisotopic (exact) mass is 293 g/mol. The molecule has 0 bridgehead atoms. The minimum Gasteiger partial charge on any atom is -0.490 e. The van der Waals surface area contributed by atoms with Gasteiger partial charge in [0.2, 0.25) is 0 Å². The smallest absolute Gasteiger partial charge is 0.329 e. The lowest BCUT2D eigenvalue weighted by molar-refractivity contribution is -0.149. The van der Waals surface area contributed by atoms with Gasteiger partial charge in [-0.2, -0.15) is 0 Å². The maximum absolute atomic E-state index is 12.1. The third kappa shape index (κ3) is 4.21. The van der Waals surface area contributed by atoms with Crippen molar-refractivity contribution < 1.29 is 14.3 Å². The van der Waals surface area contributed by atoms with E-state index in [-0.39, 0.29) is 18.6 Å². The van der Waals surface area contributed by atoms with Crippen molar-refractivity contribution in [2.75, 3.05) is 13.7 Å². The number of methoxy groups -OCH3 is 1. The molecule has 1 aromatic carbocycles. The van der Waals surface area contributed by atoms with Gasteiger partial charge < -0.3 is 9.47 Å². The highest BCUT2D eigenvalue weighted by Gasteiger charge is 2.36. The van der Waals surface area contributed by atoms with E-state index < -0.39 is 5.54 Å². The molecule has 0 spiro atoms. The molecule has 4 nitrogen and oxygen atoms in total. The molecule has 0 saturated carbocycles. The highest BCUT2D eigenvalue weighted by atomic mass is 16.5. The maximum atomic E-state index is 12.1. The van der Waals surface area contributed by atoms with Crippen LogP contribution in [-0.4, -0.2) is 31.3 Å². The van der Waals surface area contributed by atoms with E-state index >= 15 is 0 Å². The van der Waals surface area contributed by atoms with Crippen LogP contribution in [0.4, 0.5) is 0 Å². The van der Waals surface area contributed by atoms with Gasteiger partial charge in [-0.15, -0.1) is 0 Å². The normalized spacial score (nSPS) is 13.9. The number of hydrogen-bond donors (Lipinski definition) is 1. The van der Waals surface area contributed by atoms with Crippen LogP contribution < -0.4 is 10.1 Å². The Kier molecular flexibility index (Phi) is 5.78. The van der Waals surface area contributed by atoms with E-state index in [4.69, 9.17) is 9.47 Å². The lowest BCUT2D eigenvalue weighted by atomic mass is 10.0. The summed E-state index contributed by atoms with van der Waals surface area (Å²) in [5.41, 5.74) is 2.47. The summed E-state index contributed by atoms with van der Waals surface area (Å²) in [7, 11) is 1.39. The Hall–Kier alpha value is -1.55. The third-order valence-electron chi connectivity index (χ3n) is 3.62. The number of carbonyl (C=O) groups excluding carboxylic acids is 1. The lowest BCUT2D eigenvalue weighted by Crippen LogP contribution is -2.56. The van der Waals surface area contributed by atoms with Gasteiger partial charge >= 0.3 is 5.97 Å². The summed E-state index contributed by atoms with van der Waals surface area (Å²) in [5, 5.41) is 3.23. The predicted octanol–water partition coefficient (Wildman–Crippen LogP) is 2.92. The molecular weight excluding hydrogens is 266 g/mol. The Bertz CT molecular complexity index is 511. The topological polar surface area (TPSA) is 47.6 Å². The predicted molar refractivity (Wildman–Crippen MR) is 84.8 cm³/mol. The van der Waals surface area contributed by atoms with Crippen LogP contribution in [0.15, 0.2) is 12.1 Å². The first kappa shape index (κ1) is 17.5. The maximum Gasteiger partial charge on any atom is 0.329 e. The van der Waals surface area contributed by atoms with Crippen LogP contribution in [-0.2, 0) is 9.53 Å². The van der Waals surface area contributed by atoms with E-state index in [1.807, 2.05) is 40.7 Å². The molecule has 1 aromatic rings. The van der Waals surface area contributed by atoms with Crippen LogP contribution in [0.3, 0.4) is 0 Å². The van der Waals surface area contributed by atoms with Crippen LogP contribution in [0.2, 0.25) is 0 Å². The summed E-state index contributed by atoms with van der Waals surface area (Å²) < 4.78 is 10.9. The molecule has 1 N–H and O–H groups in total. The van der Waals surface area contributed by atoms with Gasteiger partial charge in [0.1, 0.15) is 17.9 Å². The van der Waals surface area contributed by atoms with E-state index in [1.54, 1.807) is 6.92 Å². The Morgan fingerprint density at radius 3 is 2.33 bits per heavy atom. The van der Waals surface area contributed by atoms with E-state index in [2.05, 4.69) is 11.4 Å². The quantitative estimate of drug-likeness (QED) is 0.819. The number of ether oxygens (including phenoxy) is 2. The second-order valence-electron chi connectivity index (χ2n) is 6.06. The zero-order valence-electron chi connectivity index (χ0n) is 14.2. The summed E-state index contributed by atoms with van der Waals surface area (Å²) in [6, 6.07) is 4.25. The van der Waals surface area contributed by atoms with Crippen molar-refractivity contribution in [2.24, 2.45) is 0 Å². The Labute approximate surface area is 127 Å². The molecule has 0 heterocycles. The molecule has 0 aromatic heterocycles. The van der Waals surface area contributed by atoms with Crippen molar-refractivity contribution in [2.45, 2.75) is 53.1 Å². The fourth-order valence-electron chi connectivity index (χ4n) is 2.39. The second-order valence-corrected chi connectivity index (χ2v) is 6.06. The molecule has 0 aliphatic heterocycles. The van der Waals surface area contributed by atoms with Gasteiger partial charge in [-0.1, -0.05) is 12.1 Å². The fraction of sp³-hybridized carbons (Fsp3) is 0.588. The molecule has 0 amide bonds. The number of aryl methyl sites for hydroxylation is 2. The molecular formula is C17H27NO3. The highest BCUT2D eigenvalue weighted by Crippen LogP contribution is 2.26. The Morgan fingerprint density at radius 1 is 1.24 bits per heavy atom. The van der Waals surface area contributed by atoms with Crippen molar-refractivity contribution in [3.8, 4) is 5.75 Å². The minimum absolute atomic E-state index is 0.150. The van der Waals surface area contributed by atoms with E-state index in [9.17, 15) is 4.79 Å². The SMILES string of the molecule is COC(=O)C(C)(COc1c(C)ccc(C)c1C)NC(C)C. The zero-order chi connectivity index (χ0) is 16.2. The van der Waals surface area contributed by atoms with Crippen LogP contribution >= 0.6 is 0 Å². The molecule has 1 rings (SSSR count). The molecule has 0 radical (unpaired) electrons. The molecule has 0 aliphatic carbocycles. The highest BCUT2D eigenvalue weighted by molar-refractivity contribution is 5.80. The van der Waals surface area contributed by atoms with Gasteiger partial charge in [-0.25, -0.2) is 4.79 Å². The third-order valence-corrected chi connectivity index (χ3v) is 3.62. The summed E-state index contributed by atoms with van der Waals surface area (Å²) in [6.07, 6.45) is 0. The van der Waals surface area contributed by atoms with E-state index in [0.29, 0.717) is 0 Å². The number of nitrogens with one attached hydrogen (secondary N) is 1. The van der Waals surface area contributed by atoms with Gasteiger partial charge in [0.15, 0.2) is 0 Å². The summed E-state index contributed by atoms with van der Waals surface area (Å²) in [6.45, 7) is 12.1. The number of esters is 1. The number of rotatable bonds is 6. The van der Waals surface area contributed by atoms with E-state index in [1.165, 1.54) is 12.7 Å². The first-order chi connectivity index (χ1) is 9.71. The van der Waals surface area contributed by atoms with Gasteiger partial charge in [-0.3, -0.25) is 5.32 Å². The second kappa shape index (κ2) is 6.94. The summed E-state index contributed by atoms with van der Waals surface area (Å²) in [5.74, 6) is 0.523. The molecule has 21 heavy (non-hydrogen) atoms. The van der Waals surface area contributed by atoms with Gasteiger partial charge in [0.05, 0.1) is 7.11 Å². The molecule has 1 unspecified atom stereocenters. The van der Waals surface area contributed by atoms with Gasteiger partial charge in [0, 0.05) is 6.04 Å². The first-order valence-electron chi connectivity index (χ1n) is 7.27. The molecule has 4 heteroatoms. The van der Waals surface area contributed by atoms with Crippen LogP contribution in [0.5, 0.6) is 5.75 Å². The minimum atomic E-state index is -0.870. The van der Waals surface area contributed by atoms with Crippen molar-refractivity contribution >= 4 is 5.97 Å². The van der Waals surface area contributed by atoms with Crippen LogP contribution in [0, 0.1) is 20.8 Å². The Morgan fingerprint density at radius 2 is 1.81 bits per heavy atom. The standard InChI is InChI=1S/C17H27NO3/c1-11(2)18-17(6,16(19)20-7)10-21-15-13(4)9-8-12(3)14(15)5/h8-9,11,18H,10H2,1-7H3. The molecule has 0 fully saturated rings. The average Bonchev–Trinajstić information content (AvgIpc) is 2.41. The molecule has 0 saturated heterocycles. The van der Waals surface area contributed by atoms with Crippen molar-refractivity contribution in [1.82, 2.24) is 5.32 Å². The number of hydrogen-bond acceptors (Lipinski definition) is 4. The van der Waals surface area contributed by atoms with Gasteiger partial charge in [-0.05, 0) is 58.2 Å². The lowest BCUT2D eigenvalue weighted by Gasteiger charge is -2.30. The van der Waals surface area contributed by atoms with Crippen molar-refractivity contribution in [3.63, 3.8) is 0 Å². The fourth-order valence-corrected chi connectivity index (χ4v) is 2.39. The zero-order valence-corrected chi connectivity index (χ0v) is 14.2.